The van der Waals surface area contributed by atoms with Crippen LogP contribution in [0.2, 0.25) is 0 Å². The number of amides is 1. The number of aliphatic carboxylic acids is 1. The number of carboxylic acids is 1. The lowest BCUT2D eigenvalue weighted by Gasteiger charge is -2.26. The molecule has 6 heteroatoms. The molecular weight excluding hydrogens is 210 g/mol. The minimum absolute atomic E-state index is 0.242. The van der Waals surface area contributed by atoms with E-state index in [1.54, 1.807) is 0 Å². The van der Waals surface area contributed by atoms with E-state index in [-0.39, 0.29) is 17.9 Å². The van der Waals surface area contributed by atoms with Crippen LogP contribution in [-0.2, 0) is 9.59 Å². The summed E-state index contributed by atoms with van der Waals surface area (Å²) in [5, 5.41) is 14.2. The topological polar surface area (TPSA) is 104 Å². The Labute approximate surface area is 95.6 Å². The number of hydrogen-bond acceptors (Lipinski definition) is 4. The van der Waals surface area contributed by atoms with E-state index in [2.05, 4.69) is 10.6 Å². The summed E-state index contributed by atoms with van der Waals surface area (Å²) in [6.07, 6.45) is -0.242. The fraction of sp³-hybridized carbons (Fsp3) is 0.800. The van der Waals surface area contributed by atoms with Gasteiger partial charge in [0.25, 0.3) is 0 Å². The molecule has 0 aromatic carbocycles. The molecule has 0 spiro atoms. The first-order valence-electron chi connectivity index (χ1n) is 5.23. The van der Waals surface area contributed by atoms with Crippen LogP contribution in [0.25, 0.3) is 0 Å². The molecule has 0 aliphatic heterocycles. The van der Waals surface area contributed by atoms with E-state index < -0.39 is 12.0 Å². The van der Waals surface area contributed by atoms with Crippen molar-refractivity contribution >= 4 is 11.9 Å². The second kappa shape index (κ2) is 6.44. The van der Waals surface area contributed by atoms with Gasteiger partial charge in [0.1, 0.15) is 0 Å². The summed E-state index contributed by atoms with van der Waals surface area (Å²) in [5.41, 5.74) is 4.93. The fourth-order valence-corrected chi connectivity index (χ4v) is 1.23. The minimum atomic E-state index is -1.01. The summed E-state index contributed by atoms with van der Waals surface area (Å²) in [4.78, 5) is 22.3. The van der Waals surface area contributed by atoms with Crippen molar-refractivity contribution < 1.29 is 14.7 Å². The van der Waals surface area contributed by atoms with Crippen LogP contribution in [0.15, 0.2) is 0 Å². The molecular formula is C10H21N3O3. The molecule has 94 valence electrons. The molecule has 16 heavy (non-hydrogen) atoms. The van der Waals surface area contributed by atoms with Gasteiger partial charge in [0.2, 0.25) is 5.91 Å². The van der Waals surface area contributed by atoms with Crippen LogP contribution in [0.3, 0.4) is 0 Å². The van der Waals surface area contributed by atoms with Gasteiger partial charge in [0.15, 0.2) is 0 Å². The van der Waals surface area contributed by atoms with Gasteiger partial charge in [-0.25, -0.2) is 0 Å². The van der Waals surface area contributed by atoms with Gasteiger partial charge in [-0.1, -0.05) is 0 Å². The molecule has 0 saturated carbocycles. The summed E-state index contributed by atoms with van der Waals surface area (Å²) >= 11 is 0. The van der Waals surface area contributed by atoms with Crippen LogP contribution in [0.4, 0.5) is 0 Å². The molecule has 0 fully saturated rings. The van der Waals surface area contributed by atoms with Crippen LogP contribution in [0.1, 0.15) is 27.2 Å². The molecule has 0 unspecified atom stereocenters. The number of nitrogens with one attached hydrogen (secondary N) is 2. The minimum Gasteiger partial charge on any atom is -0.481 e. The number of nitrogens with two attached hydrogens (primary N) is 1. The van der Waals surface area contributed by atoms with Crippen LogP contribution in [0.5, 0.6) is 0 Å². The van der Waals surface area contributed by atoms with E-state index >= 15 is 0 Å². The zero-order valence-corrected chi connectivity index (χ0v) is 10.0. The number of hydrogen-bond donors (Lipinski definition) is 4. The number of rotatable bonds is 6. The molecule has 5 N–H and O–H groups in total. The van der Waals surface area contributed by atoms with E-state index in [1.807, 2.05) is 20.8 Å². The summed E-state index contributed by atoms with van der Waals surface area (Å²) in [7, 11) is 0. The average Bonchev–Trinajstić information content (AvgIpc) is 2.10. The van der Waals surface area contributed by atoms with Gasteiger partial charge in [-0.05, 0) is 20.8 Å². The zero-order valence-electron chi connectivity index (χ0n) is 10.0. The summed E-state index contributed by atoms with van der Waals surface area (Å²) < 4.78 is 0. The second-order valence-corrected chi connectivity index (χ2v) is 4.62. The molecule has 0 aliphatic rings. The lowest BCUT2D eigenvalue weighted by atomic mass is 10.0. The van der Waals surface area contributed by atoms with Gasteiger partial charge in [-0.3, -0.25) is 9.59 Å². The monoisotopic (exact) mass is 231 g/mol. The summed E-state index contributed by atoms with van der Waals surface area (Å²) in [6.45, 7) is 6.30. The maximum absolute atomic E-state index is 11.6. The predicted octanol–water partition coefficient (Wildman–Crippen LogP) is -0.707. The van der Waals surface area contributed by atoms with Crippen molar-refractivity contribution in [2.45, 2.75) is 38.8 Å². The molecule has 0 aliphatic carbocycles. The highest BCUT2D eigenvalue weighted by molar-refractivity contribution is 5.86. The van der Waals surface area contributed by atoms with Gasteiger partial charge < -0.3 is 21.5 Å². The second-order valence-electron chi connectivity index (χ2n) is 4.62. The van der Waals surface area contributed by atoms with Crippen LogP contribution in [0, 0.1) is 0 Å². The first kappa shape index (κ1) is 14.9. The molecule has 1 amide bonds. The highest BCUT2D eigenvalue weighted by Gasteiger charge is 2.25. The van der Waals surface area contributed by atoms with E-state index in [4.69, 9.17) is 10.8 Å². The third-order valence-corrected chi connectivity index (χ3v) is 1.75. The van der Waals surface area contributed by atoms with Crippen LogP contribution >= 0.6 is 0 Å². The third kappa shape index (κ3) is 7.19. The lowest BCUT2D eigenvalue weighted by molar-refractivity contribution is -0.140. The first-order chi connectivity index (χ1) is 7.26. The normalized spacial score (nSPS) is 13.2. The van der Waals surface area contributed by atoms with Crippen LogP contribution in [-0.4, -0.2) is 41.7 Å². The van der Waals surface area contributed by atoms with Crippen molar-refractivity contribution in [1.82, 2.24) is 10.6 Å². The number of carbonyl (C=O) groups is 2. The Morgan fingerprint density at radius 1 is 1.38 bits per heavy atom. The molecule has 0 rings (SSSR count). The van der Waals surface area contributed by atoms with E-state index in [0.29, 0.717) is 13.1 Å². The molecule has 1 atom stereocenters. The Balaban J connectivity index is 4.41. The van der Waals surface area contributed by atoms with Crippen molar-refractivity contribution in [3.63, 3.8) is 0 Å². The quantitative estimate of drug-likeness (QED) is 0.483. The number of carbonyl (C=O) groups excluding carboxylic acids is 1. The standard InChI is InChI=1S/C10H21N3O3/c1-10(2,3)13-7(6-8(14)15)9(16)12-5-4-11/h7,13H,4-6,11H2,1-3H3,(H,12,16)(H,14,15)/t7-/m0/s1. The maximum atomic E-state index is 11.6. The molecule has 6 nitrogen and oxygen atoms in total. The van der Waals surface area contributed by atoms with Crippen molar-refractivity contribution in [3.05, 3.63) is 0 Å². The smallest absolute Gasteiger partial charge is 0.305 e. The lowest BCUT2D eigenvalue weighted by Crippen LogP contribution is -2.53. The highest BCUT2D eigenvalue weighted by Crippen LogP contribution is 2.04. The Bertz CT molecular complexity index is 248. The Hall–Kier alpha value is -1.14. The molecule has 0 radical (unpaired) electrons. The van der Waals surface area contributed by atoms with Crippen molar-refractivity contribution in [3.8, 4) is 0 Å². The van der Waals surface area contributed by atoms with E-state index in [1.165, 1.54) is 0 Å². The van der Waals surface area contributed by atoms with E-state index in [0.717, 1.165) is 0 Å². The molecule has 0 saturated heterocycles. The molecule has 0 heterocycles. The molecule has 0 aromatic heterocycles. The Morgan fingerprint density at radius 3 is 2.31 bits per heavy atom. The Kier molecular flexibility index (Phi) is 5.98. The first-order valence-corrected chi connectivity index (χ1v) is 5.23. The summed E-state index contributed by atoms with van der Waals surface area (Å²) in [6, 6.07) is -0.732. The van der Waals surface area contributed by atoms with E-state index in [9.17, 15) is 9.59 Å². The molecule has 0 aromatic rings. The van der Waals surface area contributed by atoms with Gasteiger partial charge in [0, 0.05) is 18.6 Å². The van der Waals surface area contributed by atoms with Gasteiger partial charge in [-0.15, -0.1) is 0 Å². The largest absolute Gasteiger partial charge is 0.481 e. The fourth-order valence-electron chi connectivity index (χ4n) is 1.23. The number of carboxylic acid groups (broad SMARTS) is 1. The third-order valence-electron chi connectivity index (χ3n) is 1.75. The van der Waals surface area contributed by atoms with Crippen molar-refractivity contribution in [2.24, 2.45) is 5.73 Å². The Morgan fingerprint density at radius 2 is 1.94 bits per heavy atom. The predicted molar refractivity (Wildman–Crippen MR) is 61.0 cm³/mol. The zero-order chi connectivity index (χ0) is 12.8. The van der Waals surface area contributed by atoms with Crippen molar-refractivity contribution in [1.29, 1.82) is 0 Å². The average molecular weight is 231 g/mol. The van der Waals surface area contributed by atoms with Gasteiger partial charge in [-0.2, -0.15) is 0 Å². The van der Waals surface area contributed by atoms with Crippen molar-refractivity contribution in [2.75, 3.05) is 13.1 Å². The van der Waals surface area contributed by atoms with Crippen LogP contribution < -0.4 is 16.4 Å². The van der Waals surface area contributed by atoms with Gasteiger partial charge >= 0.3 is 5.97 Å². The SMILES string of the molecule is CC(C)(C)N[C@@H](CC(=O)O)C(=O)NCCN. The van der Waals surface area contributed by atoms with Gasteiger partial charge in [0.05, 0.1) is 12.5 Å². The molecule has 0 bridgehead atoms. The maximum Gasteiger partial charge on any atom is 0.305 e. The summed E-state index contributed by atoms with van der Waals surface area (Å²) in [5.74, 6) is -1.34. The highest BCUT2D eigenvalue weighted by atomic mass is 16.4.